The van der Waals surface area contributed by atoms with Crippen LogP contribution < -0.4 is 5.32 Å². The van der Waals surface area contributed by atoms with Gasteiger partial charge in [0.05, 0.1) is 10.6 Å². The SMILES string of the molecule is O=C(Nc1cc(Br)ccc1O)c1cccc(S(=O)(=O)N2CCCCC2)c1. The zero-order chi connectivity index (χ0) is 18.7. The quantitative estimate of drug-likeness (QED) is 0.714. The van der Waals surface area contributed by atoms with Gasteiger partial charge in [-0.15, -0.1) is 0 Å². The van der Waals surface area contributed by atoms with Crippen LogP contribution in [0.25, 0.3) is 0 Å². The predicted molar refractivity (Wildman–Crippen MR) is 103 cm³/mol. The molecule has 1 amide bonds. The van der Waals surface area contributed by atoms with E-state index in [0.29, 0.717) is 17.6 Å². The fourth-order valence-corrected chi connectivity index (χ4v) is 4.78. The molecule has 3 rings (SSSR count). The van der Waals surface area contributed by atoms with Crippen LogP contribution in [0.3, 0.4) is 0 Å². The van der Waals surface area contributed by atoms with E-state index in [1.807, 2.05) is 0 Å². The molecule has 2 aromatic rings. The molecule has 6 nitrogen and oxygen atoms in total. The van der Waals surface area contributed by atoms with Gasteiger partial charge in [-0.1, -0.05) is 28.4 Å². The van der Waals surface area contributed by atoms with Crippen molar-refractivity contribution >= 4 is 37.5 Å². The van der Waals surface area contributed by atoms with Crippen molar-refractivity contribution in [3.63, 3.8) is 0 Å². The van der Waals surface area contributed by atoms with Crippen LogP contribution in [0.5, 0.6) is 5.75 Å². The highest BCUT2D eigenvalue weighted by atomic mass is 79.9. The molecule has 1 saturated heterocycles. The number of nitrogens with zero attached hydrogens (tertiary/aromatic N) is 1. The van der Waals surface area contributed by atoms with Gasteiger partial charge in [0.25, 0.3) is 5.91 Å². The van der Waals surface area contributed by atoms with E-state index in [9.17, 15) is 18.3 Å². The number of aromatic hydroxyl groups is 1. The molecule has 0 aromatic heterocycles. The first-order valence-corrected chi connectivity index (χ1v) is 10.5. The van der Waals surface area contributed by atoms with Crippen molar-refractivity contribution in [3.05, 3.63) is 52.5 Å². The average Bonchev–Trinajstić information content (AvgIpc) is 2.65. The number of anilines is 1. The van der Waals surface area contributed by atoms with E-state index in [-0.39, 0.29) is 21.9 Å². The van der Waals surface area contributed by atoms with Gasteiger partial charge >= 0.3 is 0 Å². The second-order valence-corrected chi connectivity index (χ2v) is 8.96. The van der Waals surface area contributed by atoms with E-state index < -0.39 is 15.9 Å². The molecule has 0 spiro atoms. The minimum atomic E-state index is -3.61. The van der Waals surface area contributed by atoms with Gasteiger partial charge < -0.3 is 10.4 Å². The molecular weight excluding hydrogens is 420 g/mol. The first kappa shape index (κ1) is 18.9. The lowest BCUT2D eigenvalue weighted by atomic mass is 10.2. The largest absolute Gasteiger partial charge is 0.506 e. The third kappa shape index (κ3) is 4.08. The summed E-state index contributed by atoms with van der Waals surface area (Å²) in [5, 5.41) is 12.4. The first-order valence-electron chi connectivity index (χ1n) is 8.28. The Bertz CT molecular complexity index is 925. The Hall–Kier alpha value is -1.90. The molecule has 0 saturated carbocycles. The van der Waals surface area contributed by atoms with Gasteiger partial charge in [-0.25, -0.2) is 8.42 Å². The number of hydrogen-bond acceptors (Lipinski definition) is 4. The Kier molecular flexibility index (Phi) is 5.64. The number of hydrogen-bond donors (Lipinski definition) is 2. The van der Waals surface area contributed by atoms with Crippen molar-refractivity contribution in [2.45, 2.75) is 24.2 Å². The Morgan fingerprint density at radius 2 is 1.81 bits per heavy atom. The van der Waals surface area contributed by atoms with Gasteiger partial charge in [-0.05, 0) is 49.2 Å². The third-order valence-corrected chi connectivity index (χ3v) is 6.64. The summed E-state index contributed by atoms with van der Waals surface area (Å²) in [5.41, 5.74) is 0.455. The van der Waals surface area contributed by atoms with Crippen LogP contribution in [-0.4, -0.2) is 36.8 Å². The minimum Gasteiger partial charge on any atom is -0.506 e. The van der Waals surface area contributed by atoms with Gasteiger partial charge in [0.2, 0.25) is 10.0 Å². The number of benzene rings is 2. The van der Waals surface area contributed by atoms with E-state index in [4.69, 9.17) is 0 Å². The molecule has 1 aliphatic heterocycles. The lowest BCUT2D eigenvalue weighted by molar-refractivity contribution is 0.102. The molecule has 0 bridgehead atoms. The van der Waals surface area contributed by atoms with Crippen molar-refractivity contribution in [1.29, 1.82) is 0 Å². The van der Waals surface area contributed by atoms with E-state index in [0.717, 1.165) is 19.3 Å². The lowest BCUT2D eigenvalue weighted by Crippen LogP contribution is -2.35. The average molecular weight is 439 g/mol. The fourth-order valence-electron chi connectivity index (χ4n) is 2.85. The van der Waals surface area contributed by atoms with Crippen LogP contribution in [0.2, 0.25) is 0 Å². The molecule has 0 unspecified atom stereocenters. The second-order valence-electron chi connectivity index (χ2n) is 6.11. The van der Waals surface area contributed by atoms with Gasteiger partial charge in [-0.3, -0.25) is 4.79 Å². The first-order chi connectivity index (χ1) is 12.4. The number of piperidine rings is 1. The van der Waals surface area contributed by atoms with E-state index in [1.165, 1.54) is 22.5 Å². The summed E-state index contributed by atoms with van der Waals surface area (Å²) in [6, 6.07) is 10.6. The number of halogens is 1. The van der Waals surface area contributed by atoms with Crippen molar-refractivity contribution in [3.8, 4) is 5.75 Å². The normalized spacial score (nSPS) is 15.6. The summed E-state index contributed by atoms with van der Waals surface area (Å²) in [5.74, 6) is -0.562. The molecule has 2 N–H and O–H groups in total. The number of carbonyl (C=O) groups is 1. The van der Waals surface area contributed by atoms with Crippen molar-refractivity contribution < 1.29 is 18.3 Å². The number of phenols is 1. The standard InChI is InChI=1S/C18H19BrN2O4S/c19-14-7-8-17(22)16(12-14)20-18(23)13-5-4-6-15(11-13)26(24,25)21-9-2-1-3-10-21/h4-8,11-12,22H,1-3,9-10H2,(H,20,23). The summed E-state index contributed by atoms with van der Waals surface area (Å²) < 4.78 is 27.7. The molecule has 1 heterocycles. The topological polar surface area (TPSA) is 86.7 Å². The van der Waals surface area contributed by atoms with Crippen LogP contribution in [-0.2, 0) is 10.0 Å². The van der Waals surface area contributed by atoms with E-state index in [1.54, 1.807) is 24.3 Å². The number of nitrogens with one attached hydrogen (secondary N) is 1. The van der Waals surface area contributed by atoms with Gasteiger partial charge in [0, 0.05) is 23.1 Å². The summed E-state index contributed by atoms with van der Waals surface area (Å²) in [6.45, 7) is 1.01. The highest BCUT2D eigenvalue weighted by Gasteiger charge is 2.26. The molecule has 0 radical (unpaired) electrons. The third-order valence-electron chi connectivity index (χ3n) is 4.26. The molecule has 1 aliphatic rings. The maximum absolute atomic E-state index is 12.8. The molecule has 0 aliphatic carbocycles. The molecule has 8 heteroatoms. The van der Waals surface area contributed by atoms with E-state index >= 15 is 0 Å². The van der Waals surface area contributed by atoms with Crippen molar-refractivity contribution in [1.82, 2.24) is 4.31 Å². The van der Waals surface area contributed by atoms with Crippen LogP contribution >= 0.6 is 15.9 Å². The molecule has 2 aromatic carbocycles. The lowest BCUT2D eigenvalue weighted by Gasteiger charge is -2.26. The fraction of sp³-hybridized carbons (Fsp3) is 0.278. The highest BCUT2D eigenvalue weighted by molar-refractivity contribution is 9.10. The number of amides is 1. The van der Waals surface area contributed by atoms with Crippen molar-refractivity contribution in [2.75, 3.05) is 18.4 Å². The highest BCUT2D eigenvalue weighted by Crippen LogP contribution is 2.28. The monoisotopic (exact) mass is 438 g/mol. The Morgan fingerprint density at radius 3 is 2.54 bits per heavy atom. The Labute approximate surface area is 161 Å². The molecule has 138 valence electrons. The van der Waals surface area contributed by atoms with E-state index in [2.05, 4.69) is 21.2 Å². The number of phenolic OH excluding ortho intramolecular Hbond substituents is 1. The maximum atomic E-state index is 12.8. The van der Waals surface area contributed by atoms with Crippen LogP contribution in [0.15, 0.2) is 51.8 Å². The zero-order valence-corrected chi connectivity index (χ0v) is 16.4. The number of rotatable bonds is 4. The predicted octanol–water partition coefficient (Wildman–Crippen LogP) is 3.58. The zero-order valence-electron chi connectivity index (χ0n) is 14.0. The van der Waals surface area contributed by atoms with Gasteiger partial charge in [-0.2, -0.15) is 4.31 Å². The van der Waals surface area contributed by atoms with Gasteiger partial charge in [0.1, 0.15) is 5.75 Å². The summed E-state index contributed by atoms with van der Waals surface area (Å²) in [4.78, 5) is 12.6. The number of carbonyl (C=O) groups excluding carboxylic acids is 1. The number of sulfonamides is 1. The molecule has 1 fully saturated rings. The Balaban J connectivity index is 1.84. The minimum absolute atomic E-state index is 0.0707. The van der Waals surface area contributed by atoms with Crippen molar-refractivity contribution in [2.24, 2.45) is 0 Å². The maximum Gasteiger partial charge on any atom is 0.255 e. The summed E-state index contributed by atoms with van der Waals surface area (Å²) >= 11 is 3.28. The van der Waals surface area contributed by atoms with Crippen LogP contribution in [0.1, 0.15) is 29.6 Å². The van der Waals surface area contributed by atoms with Gasteiger partial charge in [0.15, 0.2) is 0 Å². The van der Waals surface area contributed by atoms with Crippen LogP contribution in [0.4, 0.5) is 5.69 Å². The summed E-state index contributed by atoms with van der Waals surface area (Å²) in [6.07, 6.45) is 2.73. The smallest absolute Gasteiger partial charge is 0.255 e. The second kappa shape index (κ2) is 7.77. The van der Waals surface area contributed by atoms with Crippen LogP contribution in [0, 0.1) is 0 Å². The Morgan fingerprint density at radius 1 is 1.08 bits per heavy atom. The summed E-state index contributed by atoms with van der Waals surface area (Å²) in [7, 11) is -3.61. The molecule has 0 atom stereocenters. The molecule has 26 heavy (non-hydrogen) atoms. The molecular formula is C18H19BrN2O4S.